The summed E-state index contributed by atoms with van der Waals surface area (Å²) < 4.78 is 19.3. The summed E-state index contributed by atoms with van der Waals surface area (Å²) >= 11 is 0. The highest BCUT2D eigenvalue weighted by molar-refractivity contribution is 6.03. The number of phenols is 1. The molecular weight excluding hydrogens is 563 g/mol. The average molecular weight is 605 g/mol. The third-order valence-electron chi connectivity index (χ3n) is 8.65. The molecule has 4 rings (SSSR count). The second-order valence-corrected chi connectivity index (χ2v) is 11.8. The zero-order valence-corrected chi connectivity index (χ0v) is 25.4. The van der Waals surface area contributed by atoms with Crippen molar-refractivity contribution in [3.8, 4) is 22.6 Å². The first-order chi connectivity index (χ1) is 21.1. The fourth-order valence-corrected chi connectivity index (χ4v) is 6.58. The van der Waals surface area contributed by atoms with Crippen LogP contribution in [0.15, 0.2) is 54.6 Å². The monoisotopic (exact) mass is 604 g/mol. The molecule has 3 aromatic rings. The molecule has 44 heavy (non-hydrogen) atoms. The average Bonchev–Trinajstić information content (AvgIpc) is 2.97. The van der Waals surface area contributed by atoms with Crippen LogP contribution in [0.5, 0.6) is 11.5 Å². The number of ketones is 3. The molecule has 3 N–H and O–H groups in total. The minimum absolute atomic E-state index is 0.0887. The summed E-state index contributed by atoms with van der Waals surface area (Å²) in [5.74, 6) is -2.00. The third kappa shape index (κ3) is 7.98. The number of carbonyl (C=O) groups is 3. The summed E-state index contributed by atoms with van der Waals surface area (Å²) in [6.45, 7) is 0.691. The molecular formula is C36H41FO7. The van der Waals surface area contributed by atoms with Crippen molar-refractivity contribution in [1.29, 1.82) is 0 Å². The summed E-state index contributed by atoms with van der Waals surface area (Å²) in [4.78, 5) is 37.8. The predicted molar refractivity (Wildman–Crippen MR) is 165 cm³/mol. The molecule has 0 bridgehead atoms. The van der Waals surface area contributed by atoms with E-state index in [9.17, 15) is 34.1 Å². The number of aryl methyl sites for hydroxylation is 2. The molecule has 0 radical (unpaired) electrons. The van der Waals surface area contributed by atoms with Gasteiger partial charge in [0.2, 0.25) is 0 Å². The van der Waals surface area contributed by atoms with E-state index in [-0.39, 0.29) is 66.3 Å². The lowest BCUT2D eigenvalue weighted by molar-refractivity contribution is -0.131. The lowest BCUT2D eigenvalue weighted by Crippen LogP contribution is -2.32. The molecule has 234 valence electrons. The number of halogens is 1. The number of hydrogen-bond acceptors (Lipinski definition) is 7. The van der Waals surface area contributed by atoms with Gasteiger partial charge in [0.25, 0.3) is 0 Å². The summed E-state index contributed by atoms with van der Waals surface area (Å²) in [6, 6.07) is 15.8. The number of aliphatic hydroxyl groups excluding tert-OH is 2. The molecule has 0 spiro atoms. The molecule has 0 saturated carbocycles. The van der Waals surface area contributed by atoms with Gasteiger partial charge < -0.3 is 20.1 Å². The van der Waals surface area contributed by atoms with Crippen LogP contribution in [0.2, 0.25) is 0 Å². The van der Waals surface area contributed by atoms with Gasteiger partial charge in [0.15, 0.2) is 5.78 Å². The lowest BCUT2D eigenvalue weighted by atomic mass is 9.72. The number of Topliss-reactive ketones (excluding diaryl/α,β-unsaturated/α-hetero) is 3. The van der Waals surface area contributed by atoms with E-state index in [1.807, 2.05) is 24.3 Å². The standard InChI is InChI=1S/C36H41FO7/c1-22(40)15-33(42)31(21-39)26(13-14-38)16-25-19-30-28(10-11-32(41)36(30)34(43)20-25)29-18-24(9-12-35(29)44-2)6-3-5-23-7-4-8-27(37)17-23/h4,7-12,17-18,25-26,31,38-39,41H,3,5-6,13-16,19-21H2,1-2H3. The second-order valence-electron chi connectivity index (χ2n) is 11.8. The molecule has 0 amide bonds. The highest BCUT2D eigenvalue weighted by Gasteiger charge is 2.35. The van der Waals surface area contributed by atoms with Crippen LogP contribution in [-0.4, -0.2) is 53.0 Å². The molecule has 3 atom stereocenters. The molecule has 3 unspecified atom stereocenters. The van der Waals surface area contributed by atoms with Crippen molar-refractivity contribution in [2.75, 3.05) is 20.3 Å². The van der Waals surface area contributed by atoms with Crippen molar-refractivity contribution >= 4 is 17.3 Å². The number of benzene rings is 3. The van der Waals surface area contributed by atoms with Gasteiger partial charge in [0.1, 0.15) is 28.9 Å². The van der Waals surface area contributed by atoms with E-state index in [4.69, 9.17) is 4.74 Å². The number of rotatable bonds is 15. The van der Waals surface area contributed by atoms with Crippen molar-refractivity contribution < 1.29 is 38.8 Å². The Morgan fingerprint density at radius 3 is 2.41 bits per heavy atom. The van der Waals surface area contributed by atoms with E-state index >= 15 is 0 Å². The maximum absolute atomic E-state index is 13.6. The maximum atomic E-state index is 13.6. The summed E-state index contributed by atoms with van der Waals surface area (Å²) in [7, 11) is 1.58. The highest BCUT2D eigenvalue weighted by Crippen LogP contribution is 2.43. The van der Waals surface area contributed by atoms with Crippen molar-refractivity contribution in [2.24, 2.45) is 17.8 Å². The topological polar surface area (TPSA) is 121 Å². The fraction of sp³-hybridized carbons (Fsp3) is 0.417. The van der Waals surface area contributed by atoms with E-state index in [2.05, 4.69) is 0 Å². The first kappa shape index (κ1) is 33.0. The van der Waals surface area contributed by atoms with Crippen molar-refractivity contribution in [2.45, 2.75) is 58.3 Å². The van der Waals surface area contributed by atoms with Gasteiger partial charge in [-0.25, -0.2) is 4.39 Å². The van der Waals surface area contributed by atoms with Crippen molar-refractivity contribution in [3.63, 3.8) is 0 Å². The smallest absolute Gasteiger partial charge is 0.167 e. The summed E-state index contributed by atoms with van der Waals surface area (Å²) in [5, 5.41) is 30.5. The Hall–Kier alpha value is -3.88. The minimum atomic E-state index is -0.810. The van der Waals surface area contributed by atoms with Crippen LogP contribution in [0.4, 0.5) is 4.39 Å². The van der Waals surface area contributed by atoms with E-state index in [0.717, 1.165) is 41.5 Å². The van der Waals surface area contributed by atoms with Crippen LogP contribution in [0.3, 0.4) is 0 Å². The zero-order valence-electron chi connectivity index (χ0n) is 25.4. The molecule has 1 aliphatic carbocycles. The third-order valence-corrected chi connectivity index (χ3v) is 8.65. The Bertz CT molecular complexity index is 1500. The fourth-order valence-electron chi connectivity index (χ4n) is 6.58. The summed E-state index contributed by atoms with van der Waals surface area (Å²) in [5.41, 5.74) is 4.52. The maximum Gasteiger partial charge on any atom is 0.167 e. The number of fused-ring (bicyclic) bond motifs is 1. The number of aromatic hydroxyl groups is 1. The minimum Gasteiger partial charge on any atom is -0.507 e. The molecule has 3 aromatic carbocycles. The first-order valence-electron chi connectivity index (χ1n) is 15.2. The van der Waals surface area contributed by atoms with Crippen LogP contribution in [0, 0.1) is 23.6 Å². The number of ether oxygens (including phenoxy) is 1. The first-order valence-corrected chi connectivity index (χ1v) is 15.2. The van der Waals surface area contributed by atoms with Gasteiger partial charge in [0.05, 0.1) is 25.7 Å². The van der Waals surface area contributed by atoms with Crippen LogP contribution in [0.25, 0.3) is 11.1 Å². The van der Waals surface area contributed by atoms with Gasteiger partial charge in [-0.3, -0.25) is 14.4 Å². The zero-order chi connectivity index (χ0) is 31.8. The van der Waals surface area contributed by atoms with Crippen molar-refractivity contribution in [3.05, 3.63) is 82.7 Å². The van der Waals surface area contributed by atoms with Crippen LogP contribution >= 0.6 is 0 Å². The van der Waals surface area contributed by atoms with Crippen LogP contribution < -0.4 is 4.74 Å². The molecule has 0 aromatic heterocycles. The number of phenolic OH excluding ortho intramolecular Hbond substituents is 1. The van der Waals surface area contributed by atoms with Gasteiger partial charge in [0, 0.05) is 24.5 Å². The van der Waals surface area contributed by atoms with Crippen molar-refractivity contribution in [1.82, 2.24) is 0 Å². The van der Waals surface area contributed by atoms with Crippen LogP contribution in [-0.2, 0) is 28.9 Å². The van der Waals surface area contributed by atoms with Gasteiger partial charge in [-0.2, -0.15) is 0 Å². The molecule has 8 heteroatoms. The molecule has 0 aliphatic heterocycles. The van der Waals surface area contributed by atoms with Gasteiger partial charge in [-0.05, 0) is 110 Å². The number of aliphatic hydroxyl groups is 2. The molecule has 0 heterocycles. The van der Waals surface area contributed by atoms with E-state index in [0.29, 0.717) is 24.2 Å². The normalized spacial score (nSPS) is 15.8. The van der Waals surface area contributed by atoms with E-state index in [1.54, 1.807) is 25.3 Å². The Labute approximate surface area is 257 Å². The molecule has 7 nitrogen and oxygen atoms in total. The number of hydrogen-bond donors (Lipinski definition) is 3. The summed E-state index contributed by atoms with van der Waals surface area (Å²) in [6.07, 6.45) is 3.25. The van der Waals surface area contributed by atoms with Gasteiger partial charge in [-0.1, -0.05) is 24.3 Å². The quantitative estimate of drug-likeness (QED) is 0.191. The van der Waals surface area contributed by atoms with Gasteiger partial charge in [-0.15, -0.1) is 0 Å². The second kappa shape index (κ2) is 15.2. The molecule has 0 fully saturated rings. The Balaban J connectivity index is 1.62. The lowest BCUT2D eigenvalue weighted by Gasteiger charge is -2.32. The van der Waals surface area contributed by atoms with Crippen LogP contribution in [0.1, 0.15) is 66.1 Å². The predicted octanol–water partition coefficient (Wildman–Crippen LogP) is 5.67. The molecule has 0 saturated heterocycles. The Kier molecular flexibility index (Phi) is 11.4. The van der Waals surface area contributed by atoms with E-state index < -0.39 is 18.4 Å². The highest BCUT2D eigenvalue weighted by atomic mass is 19.1. The SMILES string of the molecule is COc1ccc(CCCc2cccc(F)c2)cc1-c1ccc(O)c2c1CC(CC(CCO)C(CO)C(=O)CC(C)=O)CC2=O. The van der Waals surface area contributed by atoms with Gasteiger partial charge >= 0.3 is 0 Å². The Morgan fingerprint density at radius 1 is 1.00 bits per heavy atom. The van der Waals surface area contributed by atoms with E-state index in [1.165, 1.54) is 19.1 Å². The number of carbonyl (C=O) groups excluding carboxylic acids is 3. The molecule has 1 aliphatic rings. The largest absolute Gasteiger partial charge is 0.507 e. The Morgan fingerprint density at radius 2 is 1.75 bits per heavy atom. The number of methoxy groups -OCH3 is 1.